The number of fused-ring (bicyclic) bond motifs is 1. The SMILES string of the molecule is CCCNc1nc(Nc2ccc3c(c2)B(O)CC3)ncc1C. The van der Waals surface area contributed by atoms with Gasteiger partial charge in [-0.2, -0.15) is 4.98 Å². The van der Waals surface area contributed by atoms with Crippen LogP contribution in [0.15, 0.2) is 24.4 Å². The summed E-state index contributed by atoms with van der Waals surface area (Å²) in [5.74, 6) is 1.43. The fourth-order valence-corrected chi connectivity index (χ4v) is 2.71. The summed E-state index contributed by atoms with van der Waals surface area (Å²) in [7, 11) is 0. The van der Waals surface area contributed by atoms with E-state index < -0.39 is 0 Å². The summed E-state index contributed by atoms with van der Waals surface area (Å²) in [4.78, 5) is 8.85. The van der Waals surface area contributed by atoms with Gasteiger partial charge >= 0.3 is 6.92 Å². The first-order valence-corrected chi connectivity index (χ1v) is 7.83. The van der Waals surface area contributed by atoms with Crippen LogP contribution in [0.5, 0.6) is 0 Å². The average Bonchev–Trinajstić information content (AvgIpc) is 2.89. The number of aromatic nitrogens is 2. The van der Waals surface area contributed by atoms with Crippen molar-refractivity contribution in [2.75, 3.05) is 17.2 Å². The molecule has 5 nitrogen and oxygen atoms in total. The van der Waals surface area contributed by atoms with Gasteiger partial charge in [-0.3, -0.25) is 0 Å². The molecule has 0 fully saturated rings. The molecule has 2 aromatic rings. The average molecular weight is 296 g/mol. The Labute approximate surface area is 131 Å². The number of anilines is 3. The van der Waals surface area contributed by atoms with Crippen LogP contribution in [0.25, 0.3) is 0 Å². The molecule has 0 aliphatic carbocycles. The lowest BCUT2D eigenvalue weighted by molar-refractivity contribution is 0.587. The first kappa shape index (κ1) is 14.8. The Morgan fingerprint density at radius 2 is 2.23 bits per heavy atom. The highest BCUT2D eigenvalue weighted by Gasteiger charge is 2.24. The molecule has 0 bridgehead atoms. The number of benzene rings is 1. The number of nitrogens with zero attached hydrogens (tertiary/aromatic N) is 2. The van der Waals surface area contributed by atoms with E-state index >= 15 is 0 Å². The van der Waals surface area contributed by atoms with Crippen molar-refractivity contribution in [3.05, 3.63) is 35.5 Å². The van der Waals surface area contributed by atoms with Crippen molar-refractivity contribution in [2.45, 2.75) is 33.0 Å². The van der Waals surface area contributed by atoms with Crippen molar-refractivity contribution in [3.8, 4) is 0 Å². The second-order valence-electron chi connectivity index (χ2n) is 5.75. The highest BCUT2D eigenvalue weighted by molar-refractivity contribution is 6.68. The van der Waals surface area contributed by atoms with Gasteiger partial charge in [0, 0.05) is 24.0 Å². The zero-order chi connectivity index (χ0) is 15.5. The van der Waals surface area contributed by atoms with Gasteiger partial charge < -0.3 is 15.7 Å². The maximum atomic E-state index is 9.98. The van der Waals surface area contributed by atoms with E-state index in [1.54, 1.807) is 0 Å². The van der Waals surface area contributed by atoms with Gasteiger partial charge in [0.05, 0.1) is 0 Å². The molecule has 0 atom stereocenters. The van der Waals surface area contributed by atoms with Gasteiger partial charge in [0.15, 0.2) is 0 Å². The van der Waals surface area contributed by atoms with Gasteiger partial charge in [-0.15, -0.1) is 0 Å². The van der Waals surface area contributed by atoms with Gasteiger partial charge in [-0.1, -0.05) is 18.6 Å². The molecular weight excluding hydrogens is 275 g/mol. The van der Waals surface area contributed by atoms with Gasteiger partial charge in [0.1, 0.15) is 5.82 Å². The van der Waals surface area contributed by atoms with Crippen molar-refractivity contribution in [2.24, 2.45) is 0 Å². The van der Waals surface area contributed by atoms with E-state index in [-0.39, 0.29) is 6.92 Å². The van der Waals surface area contributed by atoms with Crippen LogP contribution < -0.4 is 16.1 Å². The highest BCUT2D eigenvalue weighted by Crippen LogP contribution is 2.20. The fourth-order valence-electron chi connectivity index (χ4n) is 2.71. The summed E-state index contributed by atoms with van der Waals surface area (Å²) >= 11 is 0. The third-order valence-electron chi connectivity index (χ3n) is 3.96. The molecule has 0 amide bonds. The Balaban J connectivity index is 1.80. The third-order valence-corrected chi connectivity index (χ3v) is 3.96. The highest BCUT2D eigenvalue weighted by atomic mass is 16.2. The monoisotopic (exact) mass is 296 g/mol. The molecule has 1 aromatic carbocycles. The molecule has 0 radical (unpaired) electrons. The molecule has 22 heavy (non-hydrogen) atoms. The van der Waals surface area contributed by atoms with E-state index in [1.807, 2.05) is 25.3 Å². The first-order valence-electron chi connectivity index (χ1n) is 7.83. The minimum atomic E-state index is -0.350. The quantitative estimate of drug-likeness (QED) is 0.737. The molecule has 0 spiro atoms. The van der Waals surface area contributed by atoms with E-state index in [0.29, 0.717) is 5.95 Å². The minimum Gasteiger partial charge on any atom is -0.446 e. The Bertz CT molecular complexity index is 677. The van der Waals surface area contributed by atoms with Crippen molar-refractivity contribution in [1.82, 2.24) is 9.97 Å². The van der Waals surface area contributed by atoms with Crippen molar-refractivity contribution in [1.29, 1.82) is 0 Å². The van der Waals surface area contributed by atoms with Gasteiger partial charge in [-0.05, 0) is 43.7 Å². The molecule has 1 aliphatic heterocycles. The second-order valence-corrected chi connectivity index (χ2v) is 5.75. The Morgan fingerprint density at radius 1 is 1.36 bits per heavy atom. The first-order chi connectivity index (χ1) is 10.7. The number of rotatable bonds is 5. The Morgan fingerprint density at radius 3 is 3.05 bits per heavy atom. The predicted molar refractivity (Wildman–Crippen MR) is 91.4 cm³/mol. The summed E-state index contributed by atoms with van der Waals surface area (Å²) in [6.07, 6.45) is 4.62. The van der Waals surface area contributed by atoms with Crippen LogP contribution in [-0.4, -0.2) is 28.5 Å². The molecular formula is C16H21BN4O. The van der Waals surface area contributed by atoms with Crippen molar-refractivity contribution in [3.63, 3.8) is 0 Å². The summed E-state index contributed by atoms with van der Waals surface area (Å²) in [5.41, 5.74) is 4.18. The van der Waals surface area contributed by atoms with Gasteiger partial charge in [0.25, 0.3) is 0 Å². The normalized spacial score (nSPS) is 13.1. The zero-order valence-corrected chi connectivity index (χ0v) is 13.1. The van der Waals surface area contributed by atoms with E-state index in [1.165, 1.54) is 5.56 Å². The van der Waals surface area contributed by atoms with Gasteiger partial charge in [0.2, 0.25) is 5.95 Å². The molecule has 3 N–H and O–H groups in total. The lowest BCUT2D eigenvalue weighted by Gasteiger charge is -2.11. The van der Waals surface area contributed by atoms with E-state index in [2.05, 4.69) is 33.6 Å². The predicted octanol–water partition coefficient (Wildman–Crippen LogP) is 2.10. The van der Waals surface area contributed by atoms with Crippen LogP contribution in [-0.2, 0) is 6.42 Å². The molecule has 114 valence electrons. The summed E-state index contributed by atoms with van der Waals surface area (Å²) in [5, 5.41) is 16.5. The lowest BCUT2D eigenvalue weighted by Crippen LogP contribution is -2.26. The van der Waals surface area contributed by atoms with Crippen molar-refractivity contribution < 1.29 is 5.02 Å². The molecule has 1 aromatic heterocycles. The summed E-state index contributed by atoms with van der Waals surface area (Å²) in [6, 6.07) is 6.08. The molecule has 3 rings (SSSR count). The smallest absolute Gasteiger partial charge is 0.324 e. The van der Waals surface area contributed by atoms with E-state index in [4.69, 9.17) is 0 Å². The Hall–Kier alpha value is -2.08. The molecule has 0 unspecified atom stereocenters. The zero-order valence-electron chi connectivity index (χ0n) is 13.1. The van der Waals surface area contributed by atoms with Gasteiger partial charge in [-0.25, -0.2) is 4.98 Å². The van der Waals surface area contributed by atoms with Crippen LogP contribution in [0.4, 0.5) is 17.5 Å². The van der Waals surface area contributed by atoms with Crippen LogP contribution in [0, 0.1) is 6.92 Å². The van der Waals surface area contributed by atoms with Crippen LogP contribution >= 0.6 is 0 Å². The lowest BCUT2D eigenvalue weighted by atomic mass is 9.63. The largest absolute Gasteiger partial charge is 0.446 e. The number of hydrogen-bond donors (Lipinski definition) is 3. The molecule has 1 aliphatic rings. The van der Waals surface area contributed by atoms with Crippen LogP contribution in [0.2, 0.25) is 6.32 Å². The Kier molecular flexibility index (Phi) is 4.29. The molecule has 2 heterocycles. The second kappa shape index (κ2) is 6.36. The topological polar surface area (TPSA) is 70.1 Å². The molecule has 0 saturated carbocycles. The standard InChI is InChI=1S/C16H21BN4O/c1-3-8-18-15-11(2)10-19-16(21-15)20-13-5-4-12-6-7-17(22)14(12)9-13/h4-5,9-10,22H,3,6-8H2,1-2H3,(H2,18,19,20,21). The molecule has 0 saturated heterocycles. The maximum Gasteiger partial charge on any atom is 0.324 e. The summed E-state index contributed by atoms with van der Waals surface area (Å²) < 4.78 is 0. The molecule has 6 heteroatoms. The maximum absolute atomic E-state index is 9.98. The van der Waals surface area contributed by atoms with E-state index in [0.717, 1.165) is 48.2 Å². The van der Waals surface area contributed by atoms with E-state index in [9.17, 15) is 5.02 Å². The number of nitrogens with one attached hydrogen (secondary N) is 2. The van der Waals surface area contributed by atoms with Crippen LogP contribution in [0.3, 0.4) is 0 Å². The minimum absolute atomic E-state index is 0.350. The summed E-state index contributed by atoms with van der Waals surface area (Å²) in [6.45, 7) is 4.66. The third kappa shape index (κ3) is 3.07. The number of hydrogen-bond acceptors (Lipinski definition) is 5. The fraction of sp³-hybridized carbons (Fsp3) is 0.375. The van der Waals surface area contributed by atoms with Crippen LogP contribution in [0.1, 0.15) is 24.5 Å². The van der Waals surface area contributed by atoms with Crippen molar-refractivity contribution >= 4 is 29.8 Å². The number of aryl methyl sites for hydroxylation is 2.